The Morgan fingerprint density at radius 3 is 2.46 bits per heavy atom. The average Bonchev–Trinajstić information content (AvgIpc) is 2.87. The summed E-state index contributed by atoms with van der Waals surface area (Å²) in [4.78, 5) is 25.4. The fraction of sp³-hybridized carbons (Fsp3) is 0.250. The van der Waals surface area contributed by atoms with Crippen LogP contribution in [-0.2, 0) is 11.4 Å². The number of rotatable bonds is 10. The largest absolute Gasteiger partial charge is 0.493 e. The average molecular weight is 587 g/mol. The molecule has 7 nitrogen and oxygen atoms in total. The molecule has 0 aromatic heterocycles. The summed E-state index contributed by atoms with van der Waals surface area (Å²) in [7, 11) is 1.54. The van der Waals surface area contributed by atoms with Gasteiger partial charge in [-0.1, -0.05) is 61.3 Å². The van der Waals surface area contributed by atoms with Crippen LogP contribution < -0.4 is 20.2 Å². The summed E-state index contributed by atoms with van der Waals surface area (Å²) in [6.07, 6.45) is 1.49. The molecule has 0 fully saturated rings. The predicted molar refractivity (Wildman–Crippen MR) is 149 cm³/mol. The molecule has 3 rings (SSSR count). The number of hydrazone groups is 1. The van der Waals surface area contributed by atoms with Gasteiger partial charge in [0.05, 0.1) is 17.8 Å². The van der Waals surface area contributed by atoms with Crippen molar-refractivity contribution >= 4 is 45.6 Å². The number of aryl methyl sites for hydroxylation is 1. The number of carbonyl (C=O) groups is 2. The monoisotopic (exact) mass is 585 g/mol. The fourth-order valence-electron chi connectivity index (χ4n) is 3.42. The van der Waals surface area contributed by atoms with Crippen molar-refractivity contribution < 1.29 is 19.1 Å². The van der Waals surface area contributed by atoms with E-state index >= 15 is 0 Å². The van der Waals surface area contributed by atoms with Crippen LogP contribution in [0.1, 0.15) is 40.9 Å². The molecule has 3 aromatic rings. The van der Waals surface area contributed by atoms with Crippen molar-refractivity contribution in [3.63, 3.8) is 0 Å². The van der Waals surface area contributed by atoms with Crippen molar-refractivity contribution in [2.24, 2.45) is 11.0 Å². The van der Waals surface area contributed by atoms with E-state index in [0.717, 1.165) is 11.1 Å². The van der Waals surface area contributed by atoms with Gasteiger partial charge in [-0.3, -0.25) is 9.59 Å². The van der Waals surface area contributed by atoms with Crippen LogP contribution in [0.5, 0.6) is 11.5 Å². The van der Waals surface area contributed by atoms with Crippen LogP contribution in [0, 0.1) is 12.8 Å². The second-order valence-corrected chi connectivity index (χ2v) is 9.97. The van der Waals surface area contributed by atoms with Crippen LogP contribution in [0.2, 0.25) is 5.02 Å². The highest BCUT2D eigenvalue weighted by atomic mass is 79.9. The summed E-state index contributed by atoms with van der Waals surface area (Å²) in [6.45, 7) is 5.92. The van der Waals surface area contributed by atoms with Crippen molar-refractivity contribution in [2.45, 2.75) is 33.4 Å². The van der Waals surface area contributed by atoms with Gasteiger partial charge >= 0.3 is 0 Å². The topological polar surface area (TPSA) is 89.0 Å². The zero-order chi connectivity index (χ0) is 26.9. The molecule has 9 heteroatoms. The number of ether oxygens (including phenoxy) is 2. The Bertz CT molecular complexity index is 1280. The molecule has 0 aliphatic heterocycles. The number of methoxy groups -OCH3 is 1. The van der Waals surface area contributed by atoms with E-state index in [1.165, 1.54) is 13.3 Å². The van der Waals surface area contributed by atoms with Gasteiger partial charge in [0.25, 0.3) is 11.8 Å². The molecule has 37 heavy (non-hydrogen) atoms. The van der Waals surface area contributed by atoms with E-state index in [0.29, 0.717) is 32.1 Å². The van der Waals surface area contributed by atoms with E-state index in [1.54, 1.807) is 30.3 Å². The quantitative estimate of drug-likeness (QED) is 0.229. The molecule has 0 saturated carbocycles. The zero-order valence-electron chi connectivity index (χ0n) is 21.0. The summed E-state index contributed by atoms with van der Waals surface area (Å²) in [6, 6.07) is 17.4. The summed E-state index contributed by atoms with van der Waals surface area (Å²) < 4.78 is 12.1. The van der Waals surface area contributed by atoms with E-state index in [-0.39, 0.29) is 18.4 Å². The highest BCUT2D eigenvalue weighted by Gasteiger charge is 2.24. The van der Waals surface area contributed by atoms with Crippen molar-refractivity contribution in [3.8, 4) is 11.5 Å². The number of benzene rings is 3. The maximum absolute atomic E-state index is 12.8. The first-order chi connectivity index (χ1) is 17.7. The normalized spacial score (nSPS) is 11.9. The van der Waals surface area contributed by atoms with Crippen molar-refractivity contribution in [2.75, 3.05) is 7.11 Å². The zero-order valence-corrected chi connectivity index (χ0v) is 23.4. The molecular weight excluding hydrogens is 558 g/mol. The predicted octanol–water partition coefficient (Wildman–Crippen LogP) is 5.90. The minimum absolute atomic E-state index is 0.145. The van der Waals surface area contributed by atoms with Gasteiger partial charge in [0.2, 0.25) is 0 Å². The fourth-order valence-corrected chi connectivity index (χ4v) is 4.19. The van der Waals surface area contributed by atoms with Gasteiger partial charge in [0, 0.05) is 16.1 Å². The minimum atomic E-state index is -0.757. The van der Waals surface area contributed by atoms with Gasteiger partial charge in [0.1, 0.15) is 12.6 Å². The number of halogens is 2. The summed E-state index contributed by atoms with van der Waals surface area (Å²) in [5.74, 6) is 0.117. The standard InChI is InChI=1S/C28H29BrClN3O4/c1-17(2)25(32-27(34)20-11-9-18(3)10-12-20)28(35)33-31-15-19-13-22(29)26(24(14-19)36-4)37-16-21-7-5-6-8-23(21)30/h5-15,17,25H,16H2,1-4H3,(H,32,34)(H,33,35)/b31-15+. The molecular formula is C28H29BrClN3O4. The Morgan fingerprint density at radius 2 is 1.81 bits per heavy atom. The molecule has 1 unspecified atom stereocenters. The van der Waals surface area contributed by atoms with Gasteiger partial charge in [-0.15, -0.1) is 0 Å². The maximum atomic E-state index is 12.8. The molecule has 0 spiro atoms. The van der Waals surface area contributed by atoms with Gasteiger partial charge < -0.3 is 14.8 Å². The van der Waals surface area contributed by atoms with Crippen LogP contribution in [0.15, 0.2) is 70.2 Å². The molecule has 0 aliphatic rings. The van der Waals surface area contributed by atoms with Crippen LogP contribution in [-0.4, -0.2) is 31.2 Å². The van der Waals surface area contributed by atoms with Crippen LogP contribution in [0.3, 0.4) is 0 Å². The van der Waals surface area contributed by atoms with Crippen molar-refractivity contribution in [1.82, 2.24) is 10.7 Å². The molecule has 194 valence electrons. The number of nitrogens with one attached hydrogen (secondary N) is 2. The molecule has 0 aliphatic carbocycles. The summed E-state index contributed by atoms with van der Waals surface area (Å²) in [5.41, 5.74) is 5.57. The second kappa shape index (κ2) is 13.3. The number of hydrogen-bond donors (Lipinski definition) is 2. The molecule has 1 atom stereocenters. The van der Waals surface area contributed by atoms with Crippen molar-refractivity contribution in [1.29, 1.82) is 0 Å². The lowest BCUT2D eigenvalue weighted by Crippen LogP contribution is -2.48. The number of amides is 2. The van der Waals surface area contributed by atoms with Gasteiger partial charge in [-0.25, -0.2) is 5.43 Å². The lowest BCUT2D eigenvalue weighted by molar-refractivity contribution is -0.123. The summed E-state index contributed by atoms with van der Waals surface area (Å²) >= 11 is 9.73. The van der Waals surface area contributed by atoms with Crippen LogP contribution in [0.25, 0.3) is 0 Å². The lowest BCUT2D eigenvalue weighted by Gasteiger charge is -2.20. The minimum Gasteiger partial charge on any atom is -0.493 e. The van der Waals surface area contributed by atoms with Crippen LogP contribution in [0.4, 0.5) is 0 Å². The van der Waals surface area contributed by atoms with E-state index in [9.17, 15) is 9.59 Å². The first-order valence-electron chi connectivity index (χ1n) is 11.6. The van der Waals surface area contributed by atoms with Crippen LogP contribution >= 0.6 is 27.5 Å². The van der Waals surface area contributed by atoms with E-state index < -0.39 is 11.9 Å². The third-order valence-corrected chi connectivity index (χ3v) is 6.48. The summed E-state index contributed by atoms with van der Waals surface area (Å²) in [5, 5.41) is 7.48. The Kier molecular flexibility index (Phi) is 10.1. The first kappa shape index (κ1) is 28.2. The molecule has 2 N–H and O–H groups in total. The molecule has 0 saturated heterocycles. The molecule has 0 bridgehead atoms. The number of hydrogen-bond acceptors (Lipinski definition) is 5. The Morgan fingerprint density at radius 1 is 1.11 bits per heavy atom. The van der Waals surface area contributed by atoms with E-state index in [2.05, 4.69) is 31.8 Å². The Hall–Kier alpha value is -3.36. The van der Waals surface area contributed by atoms with E-state index in [1.807, 2.05) is 51.1 Å². The Labute approximate surface area is 230 Å². The highest BCUT2D eigenvalue weighted by molar-refractivity contribution is 9.10. The molecule has 0 radical (unpaired) electrons. The molecule has 0 heterocycles. The third-order valence-electron chi connectivity index (χ3n) is 5.52. The Balaban J connectivity index is 1.66. The van der Waals surface area contributed by atoms with Gasteiger partial charge in [-0.2, -0.15) is 5.10 Å². The third kappa shape index (κ3) is 7.81. The lowest BCUT2D eigenvalue weighted by atomic mass is 10.0. The van der Waals surface area contributed by atoms with E-state index in [4.69, 9.17) is 21.1 Å². The van der Waals surface area contributed by atoms with Crippen molar-refractivity contribution in [3.05, 3.63) is 92.4 Å². The number of carbonyl (C=O) groups excluding carboxylic acids is 2. The SMILES string of the molecule is COc1cc(/C=N/NC(=O)C(NC(=O)c2ccc(C)cc2)C(C)C)cc(Br)c1OCc1ccccc1Cl. The smallest absolute Gasteiger partial charge is 0.262 e. The second-order valence-electron chi connectivity index (χ2n) is 8.71. The number of nitrogens with zero attached hydrogens (tertiary/aromatic N) is 1. The maximum Gasteiger partial charge on any atom is 0.262 e. The molecule has 3 aromatic carbocycles. The highest BCUT2D eigenvalue weighted by Crippen LogP contribution is 2.37. The van der Waals surface area contributed by atoms with Gasteiger partial charge in [-0.05, 0) is 64.7 Å². The molecule has 2 amide bonds. The van der Waals surface area contributed by atoms with Gasteiger partial charge in [0.15, 0.2) is 11.5 Å². The first-order valence-corrected chi connectivity index (χ1v) is 12.8.